The van der Waals surface area contributed by atoms with Crippen LogP contribution in [0.2, 0.25) is 0 Å². The molecule has 502 valence electrons. The molecular weight excluding hydrogens is 1190 g/mol. The predicted octanol–water partition coefficient (Wildman–Crippen LogP) is 27.9. The molecule has 11 aromatic rings. The van der Waals surface area contributed by atoms with Crippen LogP contribution >= 0.6 is 0 Å². The van der Waals surface area contributed by atoms with Gasteiger partial charge in [-0.1, -0.05) is 287 Å². The highest BCUT2D eigenvalue weighted by Crippen LogP contribution is 2.47. The molecule has 0 fully saturated rings. The van der Waals surface area contributed by atoms with Crippen molar-refractivity contribution < 1.29 is 13.2 Å². The lowest BCUT2D eigenvalue weighted by Gasteiger charge is -2.27. The third-order valence-corrected chi connectivity index (χ3v) is 20.0. The fraction of sp³-hybridized carbons (Fsp3) is 0.355. The Hall–Kier alpha value is -8.21. The second-order valence-electron chi connectivity index (χ2n) is 36.2. The normalized spacial score (nSPS) is 13.3. The third-order valence-electron chi connectivity index (χ3n) is 20.0. The fourth-order valence-corrected chi connectivity index (χ4v) is 13.4. The molecule has 4 heteroatoms. The van der Waals surface area contributed by atoms with Gasteiger partial charge in [0.25, 0.3) is 0 Å². The minimum atomic E-state index is -4.58. The summed E-state index contributed by atoms with van der Waals surface area (Å²) in [4.78, 5) is 0. The molecule has 0 amide bonds. The molecule has 0 aliphatic heterocycles. The van der Waals surface area contributed by atoms with E-state index in [2.05, 4.69) is 316 Å². The number of halogens is 3. The quantitative estimate of drug-likeness (QED) is 0.143. The van der Waals surface area contributed by atoms with Gasteiger partial charge in [-0.25, -0.2) is 0 Å². The lowest BCUT2D eigenvalue weighted by atomic mass is 9.77. The predicted molar refractivity (Wildman–Crippen MR) is 413 cm³/mol. The van der Waals surface area contributed by atoms with Gasteiger partial charge in [-0.05, 0) is 233 Å². The van der Waals surface area contributed by atoms with Crippen molar-refractivity contribution in [2.45, 2.75) is 216 Å². The second kappa shape index (κ2) is 24.4. The van der Waals surface area contributed by atoms with Gasteiger partial charge >= 0.3 is 6.18 Å². The Morgan fingerprint density at radius 3 is 0.701 bits per heavy atom. The number of para-hydroxylation sites is 1. The zero-order valence-corrected chi connectivity index (χ0v) is 62.6. The molecule has 0 radical (unpaired) electrons. The first kappa shape index (κ1) is 70.1. The Kier molecular flexibility index (Phi) is 17.6. The standard InChI is InChI=1S/C93H104F3N/c1-85(2,3)69-43-65(44-70(53-69)86(4,5)6)61-37-59(38-62(41-61)66-45-71(87(7,8)9)54-72(46-66)88(10,11)12)57-33-35-83-79(51-57)80-52-58(34-36-84(80)97(83)82-32-28-26-30-78(82)77-29-25-27-31-81(77)93(94,95)96)60-39-63(67-47-73(89(13,14)15)55-74(48-67)90(16,17)18)42-64(40-60)68-49-75(91(19,20)21)56-76(50-68)92(22,23)24/h25-56H,1-24H3. The maximum absolute atomic E-state index is 15.2. The smallest absolute Gasteiger partial charge is 0.309 e. The lowest BCUT2D eigenvalue weighted by Crippen LogP contribution is -2.16. The maximum Gasteiger partial charge on any atom is 0.417 e. The molecule has 0 aliphatic rings. The summed E-state index contributed by atoms with van der Waals surface area (Å²) in [6.45, 7) is 55.2. The molecule has 0 spiro atoms. The Balaban J connectivity index is 1.24. The number of alkyl halides is 3. The molecule has 0 unspecified atom stereocenters. The Morgan fingerprint density at radius 1 is 0.216 bits per heavy atom. The van der Waals surface area contributed by atoms with Crippen LogP contribution in [0.4, 0.5) is 13.2 Å². The summed E-state index contributed by atoms with van der Waals surface area (Å²) < 4.78 is 47.9. The molecule has 11 rings (SSSR count). The van der Waals surface area contributed by atoms with Crippen LogP contribution < -0.4 is 0 Å². The summed E-state index contributed by atoms with van der Waals surface area (Å²) in [7, 11) is 0. The number of benzene rings is 10. The van der Waals surface area contributed by atoms with Crippen molar-refractivity contribution in [1.82, 2.24) is 4.57 Å². The van der Waals surface area contributed by atoms with Crippen LogP contribution in [0, 0.1) is 0 Å². The average Bonchev–Trinajstić information content (AvgIpc) is 1.56. The second-order valence-corrected chi connectivity index (χ2v) is 36.2. The van der Waals surface area contributed by atoms with Crippen LogP contribution in [0.5, 0.6) is 0 Å². The van der Waals surface area contributed by atoms with Gasteiger partial charge in [-0.15, -0.1) is 0 Å². The van der Waals surface area contributed by atoms with Crippen LogP contribution in [0.15, 0.2) is 194 Å². The van der Waals surface area contributed by atoms with Crippen molar-refractivity contribution >= 4 is 21.8 Å². The number of hydrogen-bond donors (Lipinski definition) is 0. The minimum Gasteiger partial charge on any atom is -0.309 e. The van der Waals surface area contributed by atoms with Crippen molar-refractivity contribution in [3.05, 3.63) is 244 Å². The summed E-state index contributed by atoms with van der Waals surface area (Å²) in [5.74, 6) is 0. The Morgan fingerprint density at radius 2 is 0.443 bits per heavy atom. The van der Waals surface area contributed by atoms with Crippen molar-refractivity contribution in [2.75, 3.05) is 0 Å². The number of rotatable bonds is 8. The van der Waals surface area contributed by atoms with Gasteiger partial charge in [-0.3, -0.25) is 0 Å². The fourth-order valence-electron chi connectivity index (χ4n) is 13.4. The lowest BCUT2D eigenvalue weighted by molar-refractivity contribution is -0.137. The van der Waals surface area contributed by atoms with Gasteiger partial charge < -0.3 is 4.57 Å². The highest BCUT2D eigenvalue weighted by molar-refractivity contribution is 6.12. The van der Waals surface area contributed by atoms with Crippen LogP contribution in [0.1, 0.15) is 216 Å². The average molecular weight is 1290 g/mol. The molecule has 0 aliphatic carbocycles. The minimum absolute atomic E-state index is 0.103. The van der Waals surface area contributed by atoms with Crippen LogP contribution in [0.3, 0.4) is 0 Å². The van der Waals surface area contributed by atoms with E-state index in [1.165, 1.54) is 78.9 Å². The molecule has 0 saturated heterocycles. The van der Waals surface area contributed by atoms with Gasteiger partial charge in [0.15, 0.2) is 0 Å². The van der Waals surface area contributed by atoms with Crippen molar-refractivity contribution in [3.8, 4) is 83.6 Å². The topological polar surface area (TPSA) is 4.93 Å². The van der Waals surface area contributed by atoms with E-state index in [4.69, 9.17) is 0 Å². The van der Waals surface area contributed by atoms with Crippen LogP contribution in [0.25, 0.3) is 105 Å². The summed E-state index contributed by atoms with van der Waals surface area (Å²) >= 11 is 0. The zero-order chi connectivity index (χ0) is 70.9. The van der Waals surface area contributed by atoms with E-state index in [1.807, 2.05) is 24.3 Å². The Bertz CT molecular complexity index is 4270. The molecule has 1 nitrogen and oxygen atoms in total. The number of fused-ring (bicyclic) bond motifs is 3. The summed E-state index contributed by atoms with van der Waals surface area (Å²) in [5, 5.41) is 1.98. The van der Waals surface area contributed by atoms with E-state index in [-0.39, 0.29) is 48.9 Å². The summed E-state index contributed by atoms with van der Waals surface area (Å²) in [5.41, 5.74) is 25.3. The molecule has 0 bridgehead atoms. The molecular formula is C93H104F3N. The van der Waals surface area contributed by atoms with Crippen LogP contribution in [-0.2, 0) is 49.5 Å². The third kappa shape index (κ3) is 14.7. The van der Waals surface area contributed by atoms with E-state index < -0.39 is 11.7 Å². The SMILES string of the molecule is CC(C)(C)c1cc(-c2cc(-c3cc(C(C)(C)C)cc(C(C)(C)C)c3)cc(-c3ccc4c(c3)c3cc(-c5cc(-c6cc(C(C)(C)C)cc(C(C)(C)C)c6)cc(-c6cc(C(C)(C)C)cc(C(C)(C)C)c6)c5)ccc3n4-c3ccccc3-c3ccccc3C(F)(F)F)c2)cc(C(C)(C)C)c1. The maximum atomic E-state index is 15.2. The van der Waals surface area contributed by atoms with Gasteiger partial charge in [0, 0.05) is 16.3 Å². The summed E-state index contributed by atoms with van der Waals surface area (Å²) in [6.07, 6.45) is -4.58. The number of aromatic nitrogens is 1. The van der Waals surface area contributed by atoms with E-state index in [0.717, 1.165) is 66.3 Å². The molecule has 10 aromatic carbocycles. The molecule has 0 atom stereocenters. The van der Waals surface area contributed by atoms with Crippen molar-refractivity contribution in [3.63, 3.8) is 0 Å². The van der Waals surface area contributed by atoms with Crippen LogP contribution in [-0.4, -0.2) is 4.57 Å². The largest absolute Gasteiger partial charge is 0.417 e. The molecule has 1 aromatic heterocycles. The zero-order valence-electron chi connectivity index (χ0n) is 62.6. The van der Waals surface area contributed by atoms with Crippen molar-refractivity contribution in [1.29, 1.82) is 0 Å². The molecule has 97 heavy (non-hydrogen) atoms. The van der Waals surface area contributed by atoms with Gasteiger partial charge in [-0.2, -0.15) is 13.2 Å². The number of nitrogens with zero attached hydrogens (tertiary/aromatic N) is 1. The highest BCUT2D eigenvalue weighted by atomic mass is 19.4. The van der Waals surface area contributed by atoms with E-state index >= 15 is 13.2 Å². The van der Waals surface area contributed by atoms with E-state index in [9.17, 15) is 0 Å². The van der Waals surface area contributed by atoms with E-state index in [1.54, 1.807) is 12.1 Å². The first-order valence-electron chi connectivity index (χ1n) is 35.0. The first-order valence-corrected chi connectivity index (χ1v) is 35.0. The highest BCUT2D eigenvalue weighted by Gasteiger charge is 2.35. The van der Waals surface area contributed by atoms with E-state index in [0.29, 0.717) is 11.3 Å². The molecule has 0 saturated carbocycles. The van der Waals surface area contributed by atoms with Crippen molar-refractivity contribution in [2.24, 2.45) is 0 Å². The monoisotopic (exact) mass is 1290 g/mol. The van der Waals surface area contributed by atoms with Gasteiger partial charge in [0.05, 0.1) is 22.3 Å². The first-order chi connectivity index (χ1) is 44.7. The number of hydrogen-bond acceptors (Lipinski definition) is 0. The van der Waals surface area contributed by atoms with Gasteiger partial charge in [0.1, 0.15) is 0 Å². The molecule has 0 N–H and O–H groups in total. The van der Waals surface area contributed by atoms with Gasteiger partial charge in [0.2, 0.25) is 0 Å². The summed E-state index contributed by atoms with van der Waals surface area (Å²) in [6, 6.07) is 70.1. The Labute approximate surface area is 579 Å². The molecule has 1 heterocycles.